The van der Waals surface area contributed by atoms with Crippen molar-refractivity contribution in [1.82, 2.24) is 4.90 Å². The number of hydrogen-bond donors (Lipinski definition) is 1. The minimum Gasteiger partial charge on any atom is -0.496 e. The van der Waals surface area contributed by atoms with Gasteiger partial charge in [-0.25, -0.2) is 0 Å². The number of carbonyl (C=O) groups is 3. The van der Waals surface area contributed by atoms with Crippen molar-refractivity contribution in [3.05, 3.63) is 79.9 Å². The van der Waals surface area contributed by atoms with Crippen LogP contribution in [0.15, 0.2) is 57.9 Å². The minimum atomic E-state index is -0.632. The number of amides is 3. The van der Waals surface area contributed by atoms with E-state index in [1.165, 1.54) is 31.4 Å². The van der Waals surface area contributed by atoms with Crippen LogP contribution in [-0.4, -0.2) is 40.5 Å². The lowest BCUT2D eigenvalue weighted by molar-refractivity contribution is -0.384. The Morgan fingerprint density at radius 3 is 2.69 bits per heavy atom. The molecule has 2 aromatic carbocycles. The van der Waals surface area contributed by atoms with Gasteiger partial charge in [-0.15, -0.1) is 0 Å². The van der Waals surface area contributed by atoms with E-state index in [9.17, 15) is 24.5 Å². The van der Waals surface area contributed by atoms with E-state index in [1.54, 1.807) is 30.3 Å². The molecule has 1 N–H and O–H groups in total. The number of nitrogens with zero attached hydrogens (tertiary/aromatic N) is 2. The zero-order chi connectivity index (χ0) is 26.0. The molecule has 1 saturated heterocycles. The molecule has 3 aromatic rings. The third-order valence-electron chi connectivity index (χ3n) is 5.19. The Bertz CT molecular complexity index is 1430. The molecule has 0 unspecified atom stereocenters. The lowest BCUT2D eigenvalue weighted by Crippen LogP contribution is -2.36. The highest BCUT2D eigenvalue weighted by atomic mass is 35.5. The average molecular weight is 528 g/mol. The molecule has 0 spiro atoms. The molecule has 0 saturated carbocycles. The van der Waals surface area contributed by atoms with Crippen molar-refractivity contribution in [1.29, 1.82) is 0 Å². The SMILES string of the molecule is COc1cc([N+](=O)[O-])ccc1-c1ccc(/C=C2/SC(=O)N(CC(=O)Nc3ccc(C)c(Cl)c3)C2=O)o1. The van der Waals surface area contributed by atoms with E-state index in [4.69, 9.17) is 20.8 Å². The molecule has 12 heteroatoms. The fourth-order valence-electron chi connectivity index (χ4n) is 3.35. The van der Waals surface area contributed by atoms with Crippen LogP contribution in [0.4, 0.5) is 16.2 Å². The van der Waals surface area contributed by atoms with Gasteiger partial charge in [0.1, 0.15) is 23.8 Å². The van der Waals surface area contributed by atoms with Crippen molar-refractivity contribution < 1.29 is 28.5 Å². The Morgan fingerprint density at radius 2 is 2.00 bits per heavy atom. The molecule has 1 aliphatic heterocycles. The third-order valence-corrected chi connectivity index (χ3v) is 6.51. The topological polar surface area (TPSA) is 132 Å². The summed E-state index contributed by atoms with van der Waals surface area (Å²) in [4.78, 5) is 49.0. The van der Waals surface area contributed by atoms with Crippen molar-refractivity contribution in [2.45, 2.75) is 6.92 Å². The van der Waals surface area contributed by atoms with E-state index >= 15 is 0 Å². The molecule has 1 aromatic heterocycles. The zero-order valence-electron chi connectivity index (χ0n) is 18.9. The summed E-state index contributed by atoms with van der Waals surface area (Å²) in [5, 5.41) is 13.5. The molecule has 10 nitrogen and oxygen atoms in total. The van der Waals surface area contributed by atoms with E-state index in [0.717, 1.165) is 10.5 Å². The largest absolute Gasteiger partial charge is 0.496 e. The number of ether oxygens (including phenoxy) is 1. The first-order chi connectivity index (χ1) is 17.2. The maximum absolute atomic E-state index is 12.8. The third kappa shape index (κ3) is 5.26. The number of nitrogens with one attached hydrogen (secondary N) is 1. The van der Waals surface area contributed by atoms with Crippen molar-refractivity contribution in [3.63, 3.8) is 0 Å². The van der Waals surface area contributed by atoms with Crippen molar-refractivity contribution in [2.24, 2.45) is 0 Å². The number of methoxy groups -OCH3 is 1. The Balaban J connectivity index is 1.48. The number of halogens is 1. The van der Waals surface area contributed by atoms with Gasteiger partial charge >= 0.3 is 0 Å². The Hall–Kier alpha value is -4.09. The highest BCUT2D eigenvalue weighted by Gasteiger charge is 2.36. The van der Waals surface area contributed by atoms with Crippen LogP contribution >= 0.6 is 23.4 Å². The molecular weight excluding hydrogens is 510 g/mol. The number of furan rings is 1. The van der Waals surface area contributed by atoms with Crippen molar-refractivity contribution >= 4 is 57.9 Å². The van der Waals surface area contributed by atoms with Crippen LogP contribution in [0, 0.1) is 17.0 Å². The van der Waals surface area contributed by atoms with Gasteiger partial charge in [-0.3, -0.25) is 29.4 Å². The summed E-state index contributed by atoms with van der Waals surface area (Å²) < 4.78 is 11.0. The second-order valence-electron chi connectivity index (χ2n) is 7.62. The summed E-state index contributed by atoms with van der Waals surface area (Å²) in [5.74, 6) is -0.318. The monoisotopic (exact) mass is 527 g/mol. The number of thioether (sulfide) groups is 1. The van der Waals surface area contributed by atoms with Crippen LogP contribution in [0.1, 0.15) is 11.3 Å². The van der Waals surface area contributed by atoms with Gasteiger partial charge in [-0.1, -0.05) is 17.7 Å². The molecular formula is C24H18ClN3O7S. The molecule has 184 valence electrons. The van der Waals surface area contributed by atoms with Crippen molar-refractivity contribution in [2.75, 3.05) is 19.0 Å². The number of benzene rings is 2. The van der Waals surface area contributed by atoms with Gasteiger partial charge in [-0.2, -0.15) is 0 Å². The van der Waals surface area contributed by atoms with E-state index in [-0.39, 0.29) is 22.1 Å². The number of hydrogen-bond acceptors (Lipinski definition) is 8. The van der Waals surface area contributed by atoms with Gasteiger partial charge < -0.3 is 14.5 Å². The molecule has 1 fully saturated rings. The predicted molar refractivity (Wildman–Crippen MR) is 135 cm³/mol. The van der Waals surface area contributed by atoms with E-state index < -0.39 is 28.5 Å². The van der Waals surface area contributed by atoms with E-state index in [2.05, 4.69) is 5.32 Å². The highest BCUT2D eigenvalue weighted by Crippen LogP contribution is 2.36. The summed E-state index contributed by atoms with van der Waals surface area (Å²) in [6, 6.07) is 12.3. The number of rotatable bonds is 7. The standard InChI is InChI=1S/C24H18ClN3O7S/c1-13-3-4-14(9-18(13)25)26-22(29)12-27-23(30)21(36-24(27)31)11-16-6-8-19(35-16)17-7-5-15(28(32)33)10-20(17)34-2/h3-11H,12H2,1-2H3,(H,26,29)/b21-11+. The van der Waals surface area contributed by atoms with E-state index in [1.807, 2.05) is 6.92 Å². The van der Waals surface area contributed by atoms with Crippen LogP contribution in [0.2, 0.25) is 5.02 Å². The fraction of sp³-hybridized carbons (Fsp3) is 0.125. The summed E-state index contributed by atoms with van der Waals surface area (Å²) in [5.41, 5.74) is 1.64. The predicted octanol–water partition coefficient (Wildman–Crippen LogP) is 5.50. The molecule has 36 heavy (non-hydrogen) atoms. The first-order valence-corrected chi connectivity index (χ1v) is 11.6. The maximum atomic E-state index is 12.8. The van der Waals surface area contributed by atoms with E-state index in [0.29, 0.717) is 33.8 Å². The molecule has 0 atom stereocenters. The molecule has 0 aliphatic carbocycles. The van der Waals surface area contributed by atoms with Gasteiger partial charge in [0, 0.05) is 22.9 Å². The maximum Gasteiger partial charge on any atom is 0.294 e. The Kier molecular flexibility index (Phi) is 7.13. The number of imide groups is 1. The molecule has 4 rings (SSSR count). The lowest BCUT2D eigenvalue weighted by atomic mass is 10.1. The van der Waals surface area contributed by atoms with Gasteiger partial charge in [0.25, 0.3) is 16.8 Å². The molecule has 2 heterocycles. The lowest BCUT2D eigenvalue weighted by Gasteiger charge is -2.12. The second-order valence-corrected chi connectivity index (χ2v) is 9.02. The zero-order valence-corrected chi connectivity index (χ0v) is 20.5. The normalized spacial score (nSPS) is 14.4. The van der Waals surface area contributed by atoms with Crippen LogP contribution in [0.25, 0.3) is 17.4 Å². The summed E-state index contributed by atoms with van der Waals surface area (Å²) in [7, 11) is 1.38. The summed E-state index contributed by atoms with van der Waals surface area (Å²) in [6.45, 7) is 1.36. The van der Waals surface area contributed by atoms with Gasteiger partial charge in [0.15, 0.2) is 0 Å². The first kappa shape index (κ1) is 25.0. The highest BCUT2D eigenvalue weighted by molar-refractivity contribution is 8.18. The number of aryl methyl sites for hydroxylation is 1. The summed E-state index contributed by atoms with van der Waals surface area (Å²) >= 11 is 6.75. The minimum absolute atomic E-state index is 0.0859. The average Bonchev–Trinajstić information content (AvgIpc) is 3.41. The van der Waals surface area contributed by atoms with Crippen LogP contribution in [0.5, 0.6) is 5.75 Å². The fourth-order valence-corrected chi connectivity index (χ4v) is 4.35. The second kappa shape index (κ2) is 10.3. The van der Waals surface area contributed by atoms with Crippen LogP contribution in [0.3, 0.4) is 0 Å². The first-order valence-electron chi connectivity index (χ1n) is 10.4. The van der Waals surface area contributed by atoms with Gasteiger partial charge in [0.05, 0.1) is 28.6 Å². The summed E-state index contributed by atoms with van der Waals surface area (Å²) in [6.07, 6.45) is 1.39. The number of carbonyl (C=O) groups excluding carboxylic acids is 3. The smallest absolute Gasteiger partial charge is 0.294 e. The molecule has 0 bridgehead atoms. The number of non-ortho nitro benzene ring substituents is 1. The van der Waals surface area contributed by atoms with Crippen molar-refractivity contribution in [3.8, 4) is 17.1 Å². The number of anilines is 1. The molecule has 1 aliphatic rings. The van der Waals surface area contributed by atoms with Crippen LogP contribution in [-0.2, 0) is 9.59 Å². The quantitative estimate of drug-likeness (QED) is 0.242. The van der Waals surface area contributed by atoms with Crippen LogP contribution < -0.4 is 10.1 Å². The molecule has 0 radical (unpaired) electrons. The van der Waals surface area contributed by atoms with Gasteiger partial charge in [0.2, 0.25) is 5.91 Å². The molecule has 3 amide bonds. The van der Waals surface area contributed by atoms with Gasteiger partial charge in [-0.05, 0) is 54.6 Å². The Labute approximate surface area is 214 Å². The number of nitro groups is 1. The number of nitro benzene ring substituents is 1. The Morgan fingerprint density at radius 1 is 1.22 bits per heavy atom.